The lowest BCUT2D eigenvalue weighted by atomic mass is 9.97. The van der Waals surface area contributed by atoms with E-state index >= 15 is 0 Å². The van der Waals surface area contributed by atoms with Crippen LogP contribution in [0.1, 0.15) is 45.6 Å². The number of hydrogen-bond donors (Lipinski definition) is 4. The van der Waals surface area contributed by atoms with Crippen LogP contribution in [0.3, 0.4) is 0 Å². The Morgan fingerprint density at radius 1 is 1.32 bits per heavy atom. The number of hydrogen-bond acceptors (Lipinski definition) is 3. The van der Waals surface area contributed by atoms with Gasteiger partial charge in [-0.15, -0.1) is 0 Å². The Hall–Kier alpha value is -1.75. The van der Waals surface area contributed by atoms with Crippen LogP contribution in [0.5, 0.6) is 5.75 Å². The zero-order valence-electron chi connectivity index (χ0n) is 13.7. The van der Waals surface area contributed by atoms with Crippen LogP contribution in [0.4, 0.5) is 4.79 Å². The average Bonchev–Trinajstić information content (AvgIpc) is 2.46. The van der Waals surface area contributed by atoms with E-state index in [1.54, 1.807) is 12.1 Å². The number of aromatic hydroxyl groups is 1. The summed E-state index contributed by atoms with van der Waals surface area (Å²) in [5.41, 5.74) is 0.549. The standard InChI is InChI=1S/C17H28N2O3/c1-4-11-17(3,12-20)19-16(22)18-13(2)5-6-14-7-9-15(21)10-8-14/h7-10,13,20-21H,4-6,11-12H2,1-3H3,(H2,18,19,22). The molecule has 0 aliphatic heterocycles. The fraction of sp³-hybridized carbons (Fsp3) is 0.588. The summed E-state index contributed by atoms with van der Waals surface area (Å²) in [4.78, 5) is 12.0. The van der Waals surface area contributed by atoms with Gasteiger partial charge in [0.15, 0.2) is 0 Å². The normalized spacial score (nSPS) is 14.9. The van der Waals surface area contributed by atoms with E-state index in [9.17, 15) is 15.0 Å². The fourth-order valence-electron chi connectivity index (χ4n) is 2.38. The highest BCUT2D eigenvalue weighted by Crippen LogP contribution is 2.13. The van der Waals surface area contributed by atoms with Gasteiger partial charge >= 0.3 is 6.03 Å². The van der Waals surface area contributed by atoms with E-state index in [4.69, 9.17) is 0 Å². The number of phenols is 1. The number of phenolic OH excluding ortho intramolecular Hbond substituents is 1. The summed E-state index contributed by atoms with van der Waals surface area (Å²) in [7, 11) is 0. The van der Waals surface area contributed by atoms with E-state index in [1.165, 1.54) is 0 Å². The molecule has 5 nitrogen and oxygen atoms in total. The minimum atomic E-state index is -0.574. The first kappa shape index (κ1) is 18.3. The zero-order valence-corrected chi connectivity index (χ0v) is 13.7. The molecule has 1 aromatic rings. The van der Waals surface area contributed by atoms with Gasteiger partial charge in [-0.05, 0) is 50.8 Å². The minimum absolute atomic E-state index is 0.0263. The van der Waals surface area contributed by atoms with Crippen LogP contribution >= 0.6 is 0 Å². The molecule has 0 bridgehead atoms. The molecule has 0 aliphatic carbocycles. The predicted octanol–water partition coefficient (Wildman–Crippen LogP) is 2.56. The Labute approximate surface area is 132 Å². The first-order valence-electron chi connectivity index (χ1n) is 7.86. The van der Waals surface area contributed by atoms with E-state index in [0.29, 0.717) is 0 Å². The smallest absolute Gasteiger partial charge is 0.315 e. The molecule has 0 radical (unpaired) electrons. The Morgan fingerprint density at radius 3 is 2.50 bits per heavy atom. The number of amides is 2. The number of urea groups is 1. The summed E-state index contributed by atoms with van der Waals surface area (Å²) in [5.74, 6) is 0.258. The fourth-order valence-corrected chi connectivity index (χ4v) is 2.38. The van der Waals surface area contributed by atoms with Crippen molar-refractivity contribution in [1.29, 1.82) is 0 Å². The molecule has 0 aromatic heterocycles. The lowest BCUT2D eigenvalue weighted by Gasteiger charge is -2.29. The molecular formula is C17H28N2O3. The molecule has 1 aromatic carbocycles. The van der Waals surface area contributed by atoms with Gasteiger partial charge in [0.1, 0.15) is 5.75 Å². The molecule has 2 unspecified atom stereocenters. The van der Waals surface area contributed by atoms with E-state index in [-0.39, 0.29) is 24.4 Å². The van der Waals surface area contributed by atoms with Gasteiger partial charge in [-0.1, -0.05) is 25.5 Å². The third kappa shape index (κ3) is 6.35. The number of carbonyl (C=O) groups excluding carboxylic acids is 1. The van der Waals surface area contributed by atoms with Gasteiger partial charge in [0, 0.05) is 6.04 Å². The highest BCUT2D eigenvalue weighted by atomic mass is 16.3. The van der Waals surface area contributed by atoms with E-state index in [2.05, 4.69) is 10.6 Å². The van der Waals surface area contributed by atoms with Gasteiger partial charge in [-0.3, -0.25) is 0 Å². The Balaban J connectivity index is 2.39. The Kier molecular flexibility index (Phi) is 7.18. The second-order valence-corrected chi connectivity index (χ2v) is 6.17. The van der Waals surface area contributed by atoms with Crippen molar-refractivity contribution < 1.29 is 15.0 Å². The average molecular weight is 308 g/mol. The number of aryl methyl sites for hydroxylation is 1. The van der Waals surface area contributed by atoms with Crippen LogP contribution < -0.4 is 10.6 Å². The van der Waals surface area contributed by atoms with Crippen LogP contribution in [-0.2, 0) is 6.42 Å². The highest BCUT2D eigenvalue weighted by Gasteiger charge is 2.24. The summed E-state index contributed by atoms with van der Waals surface area (Å²) in [5, 5.41) is 24.4. The lowest BCUT2D eigenvalue weighted by molar-refractivity contribution is 0.162. The number of aliphatic hydroxyl groups excluding tert-OH is 1. The molecule has 0 aliphatic rings. The number of aliphatic hydroxyl groups is 1. The largest absolute Gasteiger partial charge is 0.508 e. The number of carbonyl (C=O) groups is 1. The van der Waals surface area contributed by atoms with E-state index in [0.717, 1.165) is 31.2 Å². The molecule has 0 heterocycles. The lowest BCUT2D eigenvalue weighted by Crippen LogP contribution is -2.54. The SMILES string of the molecule is CCCC(C)(CO)NC(=O)NC(C)CCc1ccc(O)cc1. The third-order valence-corrected chi connectivity index (χ3v) is 3.75. The third-order valence-electron chi connectivity index (χ3n) is 3.75. The van der Waals surface area contributed by atoms with Crippen molar-refractivity contribution in [3.05, 3.63) is 29.8 Å². The number of nitrogens with one attached hydrogen (secondary N) is 2. The molecule has 0 saturated heterocycles. The predicted molar refractivity (Wildman–Crippen MR) is 88.0 cm³/mol. The minimum Gasteiger partial charge on any atom is -0.508 e. The van der Waals surface area contributed by atoms with Crippen molar-refractivity contribution in [2.75, 3.05) is 6.61 Å². The van der Waals surface area contributed by atoms with Crippen LogP contribution in [0.2, 0.25) is 0 Å². The summed E-state index contributed by atoms with van der Waals surface area (Å²) in [6.07, 6.45) is 3.27. The van der Waals surface area contributed by atoms with Crippen molar-refractivity contribution in [2.24, 2.45) is 0 Å². The van der Waals surface area contributed by atoms with Crippen molar-refractivity contribution in [3.8, 4) is 5.75 Å². The van der Waals surface area contributed by atoms with E-state index < -0.39 is 5.54 Å². The van der Waals surface area contributed by atoms with Gasteiger partial charge in [0.25, 0.3) is 0 Å². The maximum atomic E-state index is 12.0. The molecule has 1 rings (SSSR count). The van der Waals surface area contributed by atoms with E-state index in [1.807, 2.05) is 32.9 Å². The maximum absolute atomic E-state index is 12.0. The van der Waals surface area contributed by atoms with Crippen LogP contribution in [-0.4, -0.2) is 34.4 Å². The second-order valence-electron chi connectivity index (χ2n) is 6.17. The van der Waals surface area contributed by atoms with Gasteiger partial charge in [-0.25, -0.2) is 4.79 Å². The summed E-state index contributed by atoms with van der Waals surface area (Å²) >= 11 is 0. The number of benzene rings is 1. The Bertz CT molecular complexity index is 461. The van der Waals surface area contributed by atoms with Crippen molar-refractivity contribution in [1.82, 2.24) is 10.6 Å². The molecular weight excluding hydrogens is 280 g/mol. The second kappa shape index (κ2) is 8.63. The summed E-state index contributed by atoms with van der Waals surface area (Å²) < 4.78 is 0. The molecule has 2 amide bonds. The molecule has 4 N–H and O–H groups in total. The molecule has 0 fully saturated rings. The maximum Gasteiger partial charge on any atom is 0.315 e. The molecule has 2 atom stereocenters. The molecule has 124 valence electrons. The van der Waals surface area contributed by atoms with Crippen LogP contribution in [0.15, 0.2) is 24.3 Å². The molecule has 5 heteroatoms. The van der Waals surface area contributed by atoms with Crippen molar-refractivity contribution >= 4 is 6.03 Å². The zero-order chi connectivity index (χ0) is 16.6. The highest BCUT2D eigenvalue weighted by molar-refractivity contribution is 5.75. The quantitative estimate of drug-likeness (QED) is 0.596. The van der Waals surface area contributed by atoms with Crippen molar-refractivity contribution in [2.45, 2.75) is 58.0 Å². The van der Waals surface area contributed by atoms with Gasteiger partial charge in [0.05, 0.1) is 12.1 Å². The first-order valence-corrected chi connectivity index (χ1v) is 7.86. The van der Waals surface area contributed by atoms with Gasteiger partial charge in [-0.2, -0.15) is 0 Å². The summed E-state index contributed by atoms with van der Waals surface area (Å²) in [6, 6.07) is 6.87. The van der Waals surface area contributed by atoms with Gasteiger partial charge < -0.3 is 20.8 Å². The summed E-state index contributed by atoms with van der Waals surface area (Å²) in [6.45, 7) is 5.75. The van der Waals surface area contributed by atoms with Crippen LogP contribution in [0.25, 0.3) is 0 Å². The monoisotopic (exact) mass is 308 g/mol. The first-order chi connectivity index (χ1) is 10.4. The Morgan fingerprint density at radius 2 is 1.95 bits per heavy atom. The topological polar surface area (TPSA) is 81.6 Å². The number of rotatable bonds is 8. The molecule has 0 spiro atoms. The van der Waals surface area contributed by atoms with Crippen LogP contribution in [0, 0.1) is 0 Å². The molecule has 22 heavy (non-hydrogen) atoms. The molecule has 0 saturated carbocycles. The van der Waals surface area contributed by atoms with Crippen molar-refractivity contribution in [3.63, 3.8) is 0 Å². The van der Waals surface area contributed by atoms with Gasteiger partial charge in [0.2, 0.25) is 0 Å².